The van der Waals surface area contributed by atoms with Gasteiger partial charge in [0, 0.05) is 52.4 Å². The molecule has 14 heteroatoms. The van der Waals surface area contributed by atoms with Gasteiger partial charge in [-0.2, -0.15) is 4.98 Å². The highest BCUT2D eigenvalue weighted by atomic mass is 16.6. The molecule has 6 rings (SSSR count). The molecule has 228 valence electrons. The Balaban J connectivity index is 1.27. The van der Waals surface area contributed by atoms with E-state index in [0.717, 1.165) is 20.6 Å². The molecule has 0 spiro atoms. The average molecular weight is 601 g/mol. The molecule has 14 nitrogen and oxygen atoms in total. The Morgan fingerprint density at radius 2 is 1.61 bits per heavy atom. The molecule has 2 saturated heterocycles. The topological polar surface area (TPSA) is 149 Å². The molecule has 2 aliphatic heterocycles. The van der Waals surface area contributed by atoms with Gasteiger partial charge in [0.25, 0.3) is 17.2 Å². The first kappa shape index (κ1) is 29.0. The van der Waals surface area contributed by atoms with Gasteiger partial charge in [-0.05, 0) is 31.0 Å². The molecular weight excluding hydrogens is 568 g/mol. The molecule has 4 heterocycles. The van der Waals surface area contributed by atoms with Crippen LogP contribution in [-0.2, 0) is 30.2 Å². The Morgan fingerprint density at radius 1 is 0.932 bits per heavy atom. The van der Waals surface area contributed by atoms with E-state index in [1.54, 1.807) is 14.0 Å². The van der Waals surface area contributed by atoms with Crippen molar-refractivity contribution in [3.8, 4) is 0 Å². The van der Waals surface area contributed by atoms with Gasteiger partial charge in [0.15, 0.2) is 11.2 Å². The van der Waals surface area contributed by atoms with E-state index < -0.39 is 22.2 Å². The van der Waals surface area contributed by atoms with Crippen LogP contribution in [0.5, 0.6) is 0 Å². The third kappa shape index (κ3) is 4.76. The van der Waals surface area contributed by atoms with Crippen LogP contribution in [-0.4, -0.2) is 72.5 Å². The average Bonchev–Trinajstić information content (AvgIpc) is 3.52. The number of fused-ring (bicyclic) bond motifs is 1. The van der Waals surface area contributed by atoms with Crippen molar-refractivity contribution >= 4 is 40.3 Å². The highest BCUT2D eigenvalue weighted by Gasteiger charge is 2.44. The second-order valence-corrected chi connectivity index (χ2v) is 11.4. The minimum atomic E-state index is -0.654. The van der Waals surface area contributed by atoms with Crippen molar-refractivity contribution in [3.05, 3.63) is 90.1 Å². The Bertz CT molecular complexity index is 1950. The number of anilines is 2. The maximum Gasteiger partial charge on any atom is 0.332 e. The van der Waals surface area contributed by atoms with E-state index in [9.17, 15) is 29.3 Å². The van der Waals surface area contributed by atoms with Crippen molar-refractivity contribution in [3.63, 3.8) is 0 Å². The van der Waals surface area contributed by atoms with Gasteiger partial charge in [-0.25, -0.2) is 9.69 Å². The number of aryl methyl sites for hydroxylation is 3. The van der Waals surface area contributed by atoms with E-state index in [1.807, 2.05) is 45.6 Å². The number of benzene rings is 2. The number of carbonyl (C=O) groups is 2. The van der Waals surface area contributed by atoms with E-state index in [2.05, 4.69) is 0 Å². The van der Waals surface area contributed by atoms with Crippen molar-refractivity contribution in [2.24, 2.45) is 14.1 Å². The lowest BCUT2D eigenvalue weighted by Crippen LogP contribution is -2.53. The lowest BCUT2D eigenvalue weighted by molar-refractivity contribution is -0.384. The van der Waals surface area contributed by atoms with E-state index in [4.69, 9.17) is 4.98 Å². The maximum absolute atomic E-state index is 13.5. The molecule has 2 fully saturated rings. The van der Waals surface area contributed by atoms with E-state index in [0.29, 0.717) is 61.1 Å². The summed E-state index contributed by atoms with van der Waals surface area (Å²) in [5, 5.41) is 11.2. The lowest BCUT2D eigenvalue weighted by atomic mass is 10.1. The maximum atomic E-state index is 13.5. The van der Waals surface area contributed by atoms with Gasteiger partial charge in [-0.3, -0.25) is 43.1 Å². The summed E-state index contributed by atoms with van der Waals surface area (Å²) < 4.78 is 4.30. The molecule has 0 aliphatic carbocycles. The molecule has 1 atom stereocenters. The number of nitro benzene ring substituents is 1. The van der Waals surface area contributed by atoms with Crippen molar-refractivity contribution in [2.75, 3.05) is 36.0 Å². The summed E-state index contributed by atoms with van der Waals surface area (Å²) in [4.78, 5) is 73.1. The summed E-state index contributed by atoms with van der Waals surface area (Å²) in [5.41, 5.74) is 2.54. The standard InChI is InChI=1S/C30H32N8O6/c1-18-5-7-20(8-6-18)17-36-25-26(32(3)30(42)33(4)28(25)41)31-29(36)35-13-11-34(12-14-35)23-16-24(39)37(27(23)40)22-10-9-21(38(43)44)15-19(22)2/h5-10,15,23H,11-14,16-17H2,1-4H3. The number of aromatic nitrogens is 4. The van der Waals surface area contributed by atoms with E-state index in [-0.39, 0.29) is 23.9 Å². The zero-order valence-corrected chi connectivity index (χ0v) is 24.9. The van der Waals surface area contributed by atoms with Crippen LogP contribution < -0.4 is 21.0 Å². The van der Waals surface area contributed by atoms with Crippen molar-refractivity contribution in [1.82, 2.24) is 23.6 Å². The van der Waals surface area contributed by atoms with Gasteiger partial charge < -0.3 is 4.90 Å². The summed E-state index contributed by atoms with van der Waals surface area (Å²) in [6.07, 6.45) is 0.0132. The van der Waals surface area contributed by atoms with Crippen LogP contribution in [0.15, 0.2) is 52.1 Å². The molecule has 0 radical (unpaired) electrons. The summed E-state index contributed by atoms with van der Waals surface area (Å²) in [6, 6.07) is 11.4. The van der Waals surface area contributed by atoms with Crippen molar-refractivity contribution < 1.29 is 14.5 Å². The Labute approximate surface area is 251 Å². The highest BCUT2D eigenvalue weighted by molar-refractivity contribution is 6.22. The zero-order chi connectivity index (χ0) is 31.4. The molecule has 2 aromatic heterocycles. The molecule has 0 saturated carbocycles. The Morgan fingerprint density at radius 3 is 2.25 bits per heavy atom. The minimum absolute atomic E-state index is 0.0132. The third-order valence-electron chi connectivity index (χ3n) is 8.58. The monoisotopic (exact) mass is 600 g/mol. The molecule has 0 N–H and O–H groups in total. The van der Waals surface area contributed by atoms with Crippen LogP contribution >= 0.6 is 0 Å². The number of nitro groups is 1. The number of imide groups is 1. The fraction of sp³-hybridized carbons (Fsp3) is 0.367. The number of rotatable bonds is 6. The van der Waals surface area contributed by atoms with Crippen LogP contribution in [0.1, 0.15) is 23.1 Å². The Kier molecular flexibility index (Phi) is 7.16. The van der Waals surface area contributed by atoms with Crippen LogP contribution in [0.3, 0.4) is 0 Å². The fourth-order valence-electron chi connectivity index (χ4n) is 6.09. The van der Waals surface area contributed by atoms with Gasteiger partial charge in [0.2, 0.25) is 11.9 Å². The smallest absolute Gasteiger partial charge is 0.332 e. The summed E-state index contributed by atoms with van der Waals surface area (Å²) in [5.74, 6) is -0.156. The van der Waals surface area contributed by atoms with Gasteiger partial charge in [0.05, 0.1) is 29.6 Å². The SMILES string of the molecule is Cc1ccc(Cn2c(N3CCN(C4CC(=O)N(c5ccc([N+](=O)[O-])cc5C)C4=O)CC3)nc3c2c(=O)n(C)c(=O)n3C)cc1. The van der Waals surface area contributed by atoms with Crippen LogP contribution in [0, 0.1) is 24.0 Å². The number of hydrogen-bond acceptors (Lipinski definition) is 9. The predicted octanol–water partition coefficient (Wildman–Crippen LogP) is 1.46. The molecule has 44 heavy (non-hydrogen) atoms. The number of piperazine rings is 1. The fourth-order valence-corrected chi connectivity index (χ4v) is 6.09. The number of amides is 2. The van der Waals surface area contributed by atoms with Crippen LogP contribution in [0.25, 0.3) is 11.2 Å². The zero-order valence-electron chi connectivity index (χ0n) is 24.9. The van der Waals surface area contributed by atoms with E-state index in [1.165, 1.54) is 29.8 Å². The van der Waals surface area contributed by atoms with Crippen molar-refractivity contribution in [2.45, 2.75) is 32.9 Å². The number of imidazole rings is 1. The molecule has 4 aromatic rings. The number of nitrogens with zero attached hydrogens (tertiary/aromatic N) is 8. The molecular formula is C30H32N8O6. The second-order valence-electron chi connectivity index (χ2n) is 11.4. The minimum Gasteiger partial charge on any atom is -0.340 e. The molecule has 1 unspecified atom stereocenters. The summed E-state index contributed by atoms with van der Waals surface area (Å²) in [7, 11) is 3.04. The number of non-ortho nitro benzene ring substituents is 1. The van der Waals surface area contributed by atoms with Gasteiger partial charge in [-0.15, -0.1) is 0 Å². The van der Waals surface area contributed by atoms with Crippen LogP contribution in [0.4, 0.5) is 17.3 Å². The second kappa shape index (κ2) is 10.9. The van der Waals surface area contributed by atoms with Gasteiger partial charge in [-0.1, -0.05) is 29.8 Å². The largest absolute Gasteiger partial charge is 0.340 e. The first-order chi connectivity index (χ1) is 21.0. The van der Waals surface area contributed by atoms with Gasteiger partial charge in [0.1, 0.15) is 0 Å². The highest BCUT2D eigenvalue weighted by Crippen LogP contribution is 2.31. The first-order valence-corrected chi connectivity index (χ1v) is 14.3. The quantitative estimate of drug-likeness (QED) is 0.182. The van der Waals surface area contributed by atoms with Crippen LogP contribution in [0.2, 0.25) is 0 Å². The molecule has 2 aromatic carbocycles. The Hall–Kier alpha value is -5.11. The third-order valence-corrected chi connectivity index (χ3v) is 8.58. The molecule has 0 bridgehead atoms. The summed E-state index contributed by atoms with van der Waals surface area (Å²) in [6.45, 7) is 5.88. The number of carbonyl (C=O) groups excluding carboxylic acids is 2. The van der Waals surface area contributed by atoms with E-state index >= 15 is 0 Å². The molecule has 2 amide bonds. The van der Waals surface area contributed by atoms with Gasteiger partial charge >= 0.3 is 5.69 Å². The molecule has 2 aliphatic rings. The number of hydrogen-bond donors (Lipinski definition) is 0. The van der Waals surface area contributed by atoms with Crippen molar-refractivity contribution in [1.29, 1.82) is 0 Å². The predicted molar refractivity (Wildman–Crippen MR) is 163 cm³/mol. The summed E-state index contributed by atoms with van der Waals surface area (Å²) >= 11 is 0. The normalized spacial score (nSPS) is 17.7. The lowest BCUT2D eigenvalue weighted by Gasteiger charge is -2.37. The first-order valence-electron chi connectivity index (χ1n) is 14.3.